The Bertz CT molecular complexity index is 386. The smallest absolute Gasteiger partial charge is 0.308 e. The summed E-state index contributed by atoms with van der Waals surface area (Å²) < 4.78 is 11.1. The summed E-state index contributed by atoms with van der Waals surface area (Å²) in [4.78, 5) is 11.1. The van der Waals surface area contributed by atoms with Crippen LogP contribution in [0.15, 0.2) is 0 Å². The molecule has 16 heavy (non-hydrogen) atoms. The average molecular weight is 228 g/mol. The fourth-order valence-corrected chi connectivity index (χ4v) is 1.62. The number of rotatable bonds is 4. The van der Waals surface area contributed by atoms with Crippen LogP contribution in [0.4, 0.5) is 0 Å². The highest BCUT2D eigenvalue weighted by molar-refractivity contribution is 5.70. The van der Waals surface area contributed by atoms with Crippen molar-refractivity contribution in [2.45, 2.75) is 19.4 Å². The van der Waals surface area contributed by atoms with Crippen LogP contribution in [0.1, 0.15) is 23.8 Å². The molecule has 90 valence electrons. The zero-order chi connectivity index (χ0) is 12.3. The summed E-state index contributed by atoms with van der Waals surface area (Å²) in [5, 5.41) is 14.0. The number of carbonyl (C=O) groups excluding carboxylic acids is 1. The number of carbonyl (C=O) groups is 1. The molecule has 0 saturated heterocycles. The van der Waals surface area contributed by atoms with Gasteiger partial charge in [0.05, 0.1) is 38.0 Å². The number of aryl methyl sites for hydroxylation is 2. The maximum Gasteiger partial charge on any atom is 0.308 e. The molecule has 0 bridgehead atoms. The molecule has 1 rings (SSSR count). The van der Waals surface area contributed by atoms with E-state index in [0.717, 1.165) is 0 Å². The van der Waals surface area contributed by atoms with Gasteiger partial charge in [0.15, 0.2) is 0 Å². The van der Waals surface area contributed by atoms with Crippen molar-refractivity contribution in [3.05, 3.63) is 11.3 Å². The number of methoxy groups -OCH3 is 2. The second kappa shape index (κ2) is 4.98. The molecule has 0 amide bonds. The van der Waals surface area contributed by atoms with Gasteiger partial charge in [-0.25, -0.2) is 4.68 Å². The third kappa shape index (κ3) is 2.33. The number of aliphatic hydroxyl groups excluding tert-OH is 1. The Balaban J connectivity index is 2.98. The highest BCUT2D eigenvalue weighted by Crippen LogP contribution is 2.29. The molecule has 0 radical (unpaired) electrons. The van der Waals surface area contributed by atoms with Gasteiger partial charge < -0.3 is 14.6 Å². The molecule has 1 atom stereocenters. The Morgan fingerprint density at radius 2 is 2.19 bits per heavy atom. The predicted octanol–water partition coefficient (Wildman–Crippen LogP) is 0.334. The maximum absolute atomic E-state index is 11.1. The van der Waals surface area contributed by atoms with Crippen LogP contribution < -0.4 is 4.74 Å². The van der Waals surface area contributed by atoms with E-state index in [0.29, 0.717) is 17.1 Å². The Kier molecular flexibility index (Phi) is 3.89. The zero-order valence-corrected chi connectivity index (χ0v) is 9.85. The lowest BCUT2D eigenvalue weighted by Crippen LogP contribution is -2.09. The molecule has 1 heterocycles. The lowest BCUT2D eigenvalue weighted by Gasteiger charge is -2.10. The molecule has 6 nitrogen and oxygen atoms in total. The van der Waals surface area contributed by atoms with Crippen molar-refractivity contribution in [2.75, 3.05) is 14.2 Å². The van der Waals surface area contributed by atoms with Crippen molar-refractivity contribution >= 4 is 5.97 Å². The topological polar surface area (TPSA) is 73.6 Å². The second-order valence-corrected chi connectivity index (χ2v) is 3.43. The monoisotopic (exact) mass is 228 g/mol. The standard InChI is InChI=1S/C10H16N2O4/c1-6-9(7(13)5-8(14)15-3)10(16-4)12(2)11-6/h7,13H,5H2,1-4H3/t7-/m0/s1. The van der Waals surface area contributed by atoms with E-state index in [1.54, 1.807) is 14.0 Å². The van der Waals surface area contributed by atoms with Crippen molar-refractivity contribution in [2.24, 2.45) is 7.05 Å². The predicted molar refractivity (Wildman–Crippen MR) is 56.1 cm³/mol. The zero-order valence-electron chi connectivity index (χ0n) is 9.85. The van der Waals surface area contributed by atoms with E-state index in [-0.39, 0.29) is 6.42 Å². The molecule has 0 spiro atoms. The summed E-state index contributed by atoms with van der Waals surface area (Å²) in [7, 11) is 4.48. The third-order valence-corrected chi connectivity index (χ3v) is 2.33. The van der Waals surface area contributed by atoms with E-state index in [1.807, 2.05) is 0 Å². The minimum absolute atomic E-state index is 0.112. The first-order valence-corrected chi connectivity index (χ1v) is 4.83. The molecule has 1 N–H and O–H groups in total. The van der Waals surface area contributed by atoms with Crippen molar-refractivity contribution in [3.8, 4) is 5.88 Å². The minimum Gasteiger partial charge on any atom is -0.481 e. The van der Waals surface area contributed by atoms with E-state index >= 15 is 0 Å². The molecular formula is C10H16N2O4. The summed E-state index contributed by atoms with van der Waals surface area (Å²) in [6.07, 6.45) is -1.07. The number of aromatic nitrogens is 2. The Labute approximate surface area is 93.8 Å². The molecule has 1 aromatic heterocycles. The summed E-state index contributed by atoms with van der Waals surface area (Å²) >= 11 is 0. The number of aliphatic hydroxyl groups is 1. The third-order valence-electron chi connectivity index (χ3n) is 2.33. The van der Waals surface area contributed by atoms with Crippen molar-refractivity contribution in [3.63, 3.8) is 0 Å². The van der Waals surface area contributed by atoms with Crippen LogP contribution in [0.3, 0.4) is 0 Å². The van der Waals surface area contributed by atoms with Crippen LogP contribution in [0.2, 0.25) is 0 Å². The number of hydrogen-bond donors (Lipinski definition) is 1. The van der Waals surface area contributed by atoms with Gasteiger partial charge in [0.1, 0.15) is 0 Å². The van der Waals surface area contributed by atoms with E-state index in [2.05, 4.69) is 9.84 Å². The van der Waals surface area contributed by atoms with Crippen LogP contribution in [-0.4, -0.2) is 35.1 Å². The summed E-state index contributed by atoms with van der Waals surface area (Å²) in [5.74, 6) is -0.0216. The molecule has 6 heteroatoms. The van der Waals surface area contributed by atoms with Gasteiger partial charge >= 0.3 is 5.97 Å². The molecule has 0 aliphatic heterocycles. The van der Waals surface area contributed by atoms with Gasteiger partial charge in [0.2, 0.25) is 5.88 Å². The first kappa shape index (κ1) is 12.5. The molecule has 1 aromatic rings. The SMILES string of the molecule is COC(=O)C[C@H](O)c1c(C)nn(C)c1OC. The lowest BCUT2D eigenvalue weighted by molar-refractivity contribution is -0.142. The van der Waals surface area contributed by atoms with E-state index in [9.17, 15) is 9.90 Å². The lowest BCUT2D eigenvalue weighted by atomic mass is 10.1. The molecule has 0 unspecified atom stereocenters. The van der Waals surface area contributed by atoms with Crippen molar-refractivity contribution in [1.29, 1.82) is 0 Å². The number of ether oxygens (including phenoxy) is 2. The molecule has 0 fully saturated rings. The summed E-state index contributed by atoms with van der Waals surface area (Å²) in [5.41, 5.74) is 1.16. The molecule has 0 aliphatic carbocycles. The highest BCUT2D eigenvalue weighted by Gasteiger charge is 2.23. The van der Waals surface area contributed by atoms with Crippen molar-refractivity contribution < 1.29 is 19.4 Å². The first-order chi connectivity index (χ1) is 7.51. The van der Waals surface area contributed by atoms with Crippen LogP contribution in [-0.2, 0) is 16.6 Å². The highest BCUT2D eigenvalue weighted by atomic mass is 16.5. The number of hydrogen-bond acceptors (Lipinski definition) is 5. The summed E-state index contributed by atoms with van der Waals surface area (Å²) in [6.45, 7) is 1.75. The maximum atomic E-state index is 11.1. The minimum atomic E-state index is -0.962. The fraction of sp³-hybridized carbons (Fsp3) is 0.600. The van der Waals surface area contributed by atoms with Crippen LogP contribution >= 0.6 is 0 Å². The fourth-order valence-electron chi connectivity index (χ4n) is 1.62. The summed E-state index contributed by atoms with van der Waals surface area (Å²) in [6, 6.07) is 0. The van der Waals surface area contributed by atoms with Gasteiger partial charge in [-0.1, -0.05) is 0 Å². The first-order valence-electron chi connectivity index (χ1n) is 4.83. The molecule has 0 saturated carbocycles. The normalized spacial score (nSPS) is 12.3. The van der Waals surface area contributed by atoms with E-state index < -0.39 is 12.1 Å². The number of nitrogens with zero attached hydrogens (tertiary/aromatic N) is 2. The number of esters is 1. The van der Waals surface area contributed by atoms with E-state index in [1.165, 1.54) is 18.9 Å². The van der Waals surface area contributed by atoms with Gasteiger partial charge in [-0.2, -0.15) is 5.10 Å². The van der Waals surface area contributed by atoms with Gasteiger partial charge in [-0.3, -0.25) is 4.79 Å². The molecule has 0 aromatic carbocycles. The van der Waals surface area contributed by atoms with Gasteiger partial charge in [-0.05, 0) is 6.92 Å². The molecule has 0 aliphatic rings. The Hall–Kier alpha value is -1.56. The quantitative estimate of drug-likeness (QED) is 0.752. The van der Waals surface area contributed by atoms with Crippen molar-refractivity contribution in [1.82, 2.24) is 9.78 Å². The molecular weight excluding hydrogens is 212 g/mol. The van der Waals surface area contributed by atoms with Crippen LogP contribution in [0.5, 0.6) is 5.88 Å². The largest absolute Gasteiger partial charge is 0.481 e. The van der Waals surface area contributed by atoms with Gasteiger partial charge in [0, 0.05) is 7.05 Å². The van der Waals surface area contributed by atoms with E-state index in [4.69, 9.17) is 4.74 Å². The Morgan fingerprint density at radius 1 is 1.56 bits per heavy atom. The Morgan fingerprint density at radius 3 is 2.69 bits per heavy atom. The van der Waals surface area contributed by atoms with Crippen LogP contribution in [0, 0.1) is 6.92 Å². The van der Waals surface area contributed by atoms with Gasteiger partial charge in [-0.15, -0.1) is 0 Å². The van der Waals surface area contributed by atoms with Gasteiger partial charge in [0.25, 0.3) is 0 Å². The second-order valence-electron chi connectivity index (χ2n) is 3.43. The average Bonchev–Trinajstić information content (AvgIpc) is 2.52. The van der Waals surface area contributed by atoms with Crippen LogP contribution in [0.25, 0.3) is 0 Å².